The van der Waals surface area contributed by atoms with Gasteiger partial charge in [-0.05, 0) is 43.2 Å². The molecule has 0 fully saturated rings. The number of nitrogens with zero attached hydrogens (tertiary/aromatic N) is 4. The molecular weight excluding hydrogens is 458 g/mol. The Morgan fingerprint density at radius 2 is 2.06 bits per heavy atom. The van der Waals surface area contributed by atoms with Gasteiger partial charge in [0, 0.05) is 31.9 Å². The van der Waals surface area contributed by atoms with Crippen LogP contribution < -0.4 is 26.0 Å². The number of benzene rings is 2. The van der Waals surface area contributed by atoms with Crippen LogP contribution in [0.25, 0.3) is 16.9 Å². The number of imidazole rings is 1. The number of aromatic nitrogens is 4. The van der Waals surface area contributed by atoms with Crippen molar-refractivity contribution < 1.29 is 9.53 Å². The first kappa shape index (κ1) is 24.5. The molecule has 10 heteroatoms. The molecule has 0 saturated heterocycles. The van der Waals surface area contributed by atoms with Crippen molar-refractivity contribution in [3.8, 4) is 11.6 Å². The predicted octanol–water partition coefficient (Wildman–Crippen LogP) is 4.14. The number of aryl methyl sites for hydroxylation is 1. The highest BCUT2D eigenvalue weighted by molar-refractivity contribution is 6.02. The second kappa shape index (κ2) is 10.3. The SMILES string of the molecule is C=CC(=O)Nc1cc(Nc2nccc(-n3c(=O)[nH]c4cc(C)ccc43)n2)c(OC)cc1N(C)CCC. The fourth-order valence-corrected chi connectivity index (χ4v) is 4.00. The average molecular weight is 488 g/mol. The van der Waals surface area contributed by atoms with Gasteiger partial charge in [0.1, 0.15) is 11.6 Å². The van der Waals surface area contributed by atoms with Crippen LogP contribution in [0.1, 0.15) is 18.9 Å². The van der Waals surface area contributed by atoms with Gasteiger partial charge in [0.25, 0.3) is 0 Å². The van der Waals surface area contributed by atoms with E-state index in [4.69, 9.17) is 4.74 Å². The van der Waals surface area contributed by atoms with E-state index >= 15 is 0 Å². The smallest absolute Gasteiger partial charge is 0.332 e. The second-order valence-electron chi connectivity index (χ2n) is 8.33. The molecule has 4 rings (SSSR count). The highest BCUT2D eigenvalue weighted by Crippen LogP contribution is 2.38. The molecule has 4 aromatic rings. The van der Waals surface area contributed by atoms with E-state index in [2.05, 4.69) is 39.1 Å². The molecule has 0 spiro atoms. The first-order chi connectivity index (χ1) is 17.3. The zero-order valence-electron chi connectivity index (χ0n) is 20.8. The number of fused-ring (bicyclic) bond motifs is 1. The van der Waals surface area contributed by atoms with Gasteiger partial charge in [0.15, 0.2) is 0 Å². The number of H-pyrrole nitrogens is 1. The Morgan fingerprint density at radius 3 is 2.78 bits per heavy atom. The lowest BCUT2D eigenvalue weighted by Crippen LogP contribution is -2.21. The van der Waals surface area contributed by atoms with Gasteiger partial charge in [-0.2, -0.15) is 4.98 Å². The fraction of sp³-hybridized carbons (Fsp3) is 0.231. The Labute approximate surface area is 208 Å². The minimum absolute atomic E-state index is 0.259. The number of aromatic amines is 1. The summed E-state index contributed by atoms with van der Waals surface area (Å²) in [6, 6.07) is 11.0. The maximum Gasteiger partial charge on any atom is 0.332 e. The molecule has 1 amide bonds. The van der Waals surface area contributed by atoms with Crippen molar-refractivity contribution in [3.05, 3.63) is 71.3 Å². The highest BCUT2D eigenvalue weighted by atomic mass is 16.5. The topological polar surface area (TPSA) is 117 Å². The van der Waals surface area contributed by atoms with E-state index in [1.807, 2.05) is 43.1 Å². The average Bonchev–Trinajstić information content (AvgIpc) is 3.19. The van der Waals surface area contributed by atoms with E-state index in [-0.39, 0.29) is 17.5 Å². The normalized spacial score (nSPS) is 10.8. The van der Waals surface area contributed by atoms with E-state index in [0.29, 0.717) is 28.5 Å². The summed E-state index contributed by atoms with van der Waals surface area (Å²) in [5.74, 6) is 0.878. The molecule has 0 aliphatic carbocycles. The van der Waals surface area contributed by atoms with E-state index in [9.17, 15) is 9.59 Å². The molecule has 2 aromatic heterocycles. The maximum atomic E-state index is 12.7. The van der Waals surface area contributed by atoms with E-state index < -0.39 is 0 Å². The van der Waals surface area contributed by atoms with E-state index in [1.165, 1.54) is 10.6 Å². The first-order valence-corrected chi connectivity index (χ1v) is 11.5. The van der Waals surface area contributed by atoms with Crippen LogP contribution in [0, 0.1) is 6.92 Å². The number of nitrogens with one attached hydrogen (secondary N) is 3. The molecule has 36 heavy (non-hydrogen) atoms. The minimum atomic E-state index is -0.329. The number of rotatable bonds is 9. The lowest BCUT2D eigenvalue weighted by atomic mass is 10.2. The van der Waals surface area contributed by atoms with Crippen molar-refractivity contribution in [2.75, 3.05) is 36.2 Å². The fourth-order valence-electron chi connectivity index (χ4n) is 4.00. The summed E-state index contributed by atoms with van der Waals surface area (Å²) in [6.45, 7) is 8.38. The summed E-state index contributed by atoms with van der Waals surface area (Å²) in [7, 11) is 3.51. The zero-order chi connectivity index (χ0) is 25.8. The van der Waals surface area contributed by atoms with Gasteiger partial charge in [-0.15, -0.1) is 0 Å². The molecule has 10 nitrogen and oxygen atoms in total. The number of hydrogen-bond donors (Lipinski definition) is 3. The molecule has 0 radical (unpaired) electrons. The molecule has 0 atom stereocenters. The van der Waals surface area contributed by atoms with Crippen LogP contribution in [0.5, 0.6) is 5.75 Å². The summed E-state index contributed by atoms with van der Waals surface area (Å²) >= 11 is 0. The molecule has 0 bridgehead atoms. The van der Waals surface area contributed by atoms with Gasteiger partial charge in [-0.25, -0.2) is 14.3 Å². The van der Waals surface area contributed by atoms with Crippen molar-refractivity contribution in [1.82, 2.24) is 19.5 Å². The number of carbonyl (C=O) groups excluding carboxylic acids is 1. The monoisotopic (exact) mass is 487 g/mol. The van der Waals surface area contributed by atoms with Gasteiger partial charge < -0.3 is 25.3 Å². The molecule has 186 valence electrons. The van der Waals surface area contributed by atoms with Crippen LogP contribution in [0.2, 0.25) is 0 Å². The Bertz CT molecular complexity index is 1490. The molecule has 0 aliphatic rings. The Hall–Kier alpha value is -4.60. The third-order valence-corrected chi connectivity index (χ3v) is 5.69. The third kappa shape index (κ3) is 4.92. The first-order valence-electron chi connectivity index (χ1n) is 11.5. The Balaban J connectivity index is 1.75. The van der Waals surface area contributed by atoms with Gasteiger partial charge in [0.2, 0.25) is 11.9 Å². The van der Waals surface area contributed by atoms with Gasteiger partial charge in [-0.3, -0.25) is 4.79 Å². The standard InChI is InChI=1S/C26H29N7O3/c1-6-12-32(4)21-15-22(36-5)19(14-18(21)28-24(34)7-2)29-25-27-11-10-23(31-25)33-20-9-8-16(3)13-17(20)30-26(33)35/h7-11,13-15H,2,6,12H2,1,3-5H3,(H,28,34)(H,30,35)(H,27,29,31). The van der Waals surface area contributed by atoms with Gasteiger partial charge in [-0.1, -0.05) is 19.6 Å². The lowest BCUT2D eigenvalue weighted by molar-refractivity contribution is -0.111. The Kier molecular flexibility index (Phi) is 7.05. The summed E-state index contributed by atoms with van der Waals surface area (Å²) in [6.07, 6.45) is 3.72. The molecule has 0 unspecified atom stereocenters. The molecule has 2 aromatic carbocycles. The summed E-state index contributed by atoms with van der Waals surface area (Å²) < 4.78 is 7.12. The van der Waals surface area contributed by atoms with Crippen LogP contribution >= 0.6 is 0 Å². The summed E-state index contributed by atoms with van der Waals surface area (Å²) in [4.78, 5) is 38.6. The number of carbonyl (C=O) groups is 1. The van der Waals surface area contributed by atoms with Gasteiger partial charge in [0.05, 0.1) is 35.2 Å². The third-order valence-electron chi connectivity index (χ3n) is 5.69. The predicted molar refractivity (Wildman–Crippen MR) is 143 cm³/mol. The summed E-state index contributed by atoms with van der Waals surface area (Å²) in [5.41, 5.74) is 4.11. The van der Waals surface area contributed by atoms with Crippen LogP contribution in [0.15, 0.2) is 60.0 Å². The van der Waals surface area contributed by atoms with Crippen molar-refractivity contribution in [2.45, 2.75) is 20.3 Å². The quantitative estimate of drug-likeness (QED) is 0.304. The van der Waals surface area contributed by atoms with Crippen molar-refractivity contribution in [1.29, 1.82) is 0 Å². The van der Waals surface area contributed by atoms with Crippen LogP contribution in [0.3, 0.4) is 0 Å². The molecule has 3 N–H and O–H groups in total. The van der Waals surface area contributed by atoms with Crippen LogP contribution in [-0.2, 0) is 4.79 Å². The maximum absolute atomic E-state index is 12.7. The molecule has 2 heterocycles. The number of ether oxygens (including phenoxy) is 1. The Morgan fingerprint density at radius 1 is 1.25 bits per heavy atom. The molecular formula is C26H29N7O3. The largest absolute Gasteiger partial charge is 0.494 e. The second-order valence-corrected chi connectivity index (χ2v) is 8.33. The van der Waals surface area contributed by atoms with Crippen LogP contribution in [-0.4, -0.2) is 46.1 Å². The van der Waals surface area contributed by atoms with Crippen molar-refractivity contribution in [3.63, 3.8) is 0 Å². The molecule has 0 saturated carbocycles. The number of anilines is 4. The van der Waals surface area contributed by atoms with Gasteiger partial charge >= 0.3 is 5.69 Å². The minimum Gasteiger partial charge on any atom is -0.494 e. The molecule has 0 aliphatic heterocycles. The van der Waals surface area contributed by atoms with E-state index in [1.54, 1.807) is 25.4 Å². The number of methoxy groups -OCH3 is 1. The number of hydrogen-bond acceptors (Lipinski definition) is 7. The highest BCUT2D eigenvalue weighted by Gasteiger charge is 2.17. The lowest BCUT2D eigenvalue weighted by Gasteiger charge is -2.24. The number of amides is 1. The van der Waals surface area contributed by atoms with Crippen molar-refractivity contribution in [2.24, 2.45) is 0 Å². The van der Waals surface area contributed by atoms with Crippen molar-refractivity contribution >= 4 is 40.0 Å². The van der Waals surface area contributed by atoms with Crippen LogP contribution in [0.4, 0.5) is 23.0 Å². The summed E-state index contributed by atoms with van der Waals surface area (Å²) in [5, 5.41) is 6.02. The van der Waals surface area contributed by atoms with E-state index in [0.717, 1.165) is 29.7 Å². The zero-order valence-corrected chi connectivity index (χ0v) is 20.8.